The Hall–Kier alpha value is 2.08. The molecule has 0 bridgehead atoms. The Morgan fingerprint density at radius 2 is 1.17 bits per heavy atom. The van der Waals surface area contributed by atoms with E-state index in [1.165, 1.54) is 0 Å². The predicted octanol–water partition coefficient (Wildman–Crippen LogP) is -0.254. The van der Waals surface area contributed by atoms with Crippen LogP contribution < -0.4 is 0 Å². The monoisotopic (exact) mass is 134 g/mol. The standard InChI is InChI=1S/Cl2OS.2Li.2H/c1-4(2)3;;;;. The van der Waals surface area contributed by atoms with Gasteiger partial charge in [0.25, 0.3) is 0 Å². The van der Waals surface area contributed by atoms with Crippen molar-refractivity contribution < 1.29 is 4.55 Å². The Kier molecular flexibility index (Phi) is 26.5. The SMILES string of the molecule is [LiH].[LiH].[O-][S+](Cl)Cl. The van der Waals surface area contributed by atoms with Gasteiger partial charge in [-0.15, -0.1) is 0 Å². The van der Waals surface area contributed by atoms with Crippen LogP contribution in [0, 0.1) is 0 Å². The van der Waals surface area contributed by atoms with Crippen LogP contribution in [0.3, 0.4) is 0 Å². The number of hydrogen-bond donors (Lipinski definition) is 0. The van der Waals surface area contributed by atoms with Crippen LogP contribution in [-0.4, -0.2) is 42.3 Å². The van der Waals surface area contributed by atoms with E-state index in [0.29, 0.717) is 0 Å². The van der Waals surface area contributed by atoms with Crippen LogP contribution in [0.2, 0.25) is 0 Å². The summed E-state index contributed by atoms with van der Waals surface area (Å²) in [7, 11) is 7.36. The maximum absolute atomic E-state index is 9.09. The van der Waals surface area contributed by atoms with Gasteiger partial charge < -0.3 is 4.55 Å². The minimum Gasteiger partial charge on any atom is -0.582 e. The summed E-state index contributed by atoms with van der Waals surface area (Å²) in [5, 5.41) is 0. The Balaban J connectivity index is -0.0000000450. The molecule has 0 N–H and O–H groups in total. The molecule has 0 saturated carbocycles. The van der Waals surface area contributed by atoms with Crippen molar-refractivity contribution in [2.24, 2.45) is 0 Å². The van der Waals surface area contributed by atoms with Gasteiger partial charge in [0, 0.05) is 0 Å². The van der Waals surface area contributed by atoms with Gasteiger partial charge in [0.1, 0.15) is 0 Å². The van der Waals surface area contributed by atoms with Crippen molar-refractivity contribution in [2.45, 2.75) is 0 Å². The Bertz CT molecular complexity index is 16.3. The zero-order valence-electron chi connectivity index (χ0n) is 1.57. The molecule has 0 saturated heterocycles. The molecule has 0 aliphatic rings. The third-order valence-corrected chi connectivity index (χ3v) is 0. The van der Waals surface area contributed by atoms with Crippen molar-refractivity contribution in [3.63, 3.8) is 0 Å². The van der Waals surface area contributed by atoms with E-state index in [1.807, 2.05) is 0 Å². The molecule has 0 aromatic carbocycles. The molecule has 0 unspecified atom stereocenters. The van der Waals surface area contributed by atoms with Crippen molar-refractivity contribution in [3.05, 3.63) is 0 Å². The third-order valence-electron chi connectivity index (χ3n) is 0. The molecule has 0 aliphatic carbocycles. The van der Waals surface area contributed by atoms with Gasteiger partial charge in [-0.1, -0.05) is 0 Å². The summed E-state index contributed by atoms with van der Waals surface area (Å²) in [6, 6.07) is 0. The molecule has 0 heterocycles. The average molecular weight is 135 g/mol. The molecule has 6 heteroatoms. The molecule has 1 nitrogen and oxygen atoms in total. The largest absolute Gasteiger partial charge is 0.582 e. The zero-order chi connectivity index (χ0) is 3.58. The second-order valence-corrected chi connectivity index (χ2v) is 2.71. The summed E-state index contributed by atoms with van der Waals surface area (Å²) >= 11 is 0. The molecule has 0 aliphatic heterocycles. The van der Waals surface area contributed by atoms with Gasteiger partial charge >= 0.3 is 37.7 Å². The van der Waals surface area contributed by atoms with Crippen LogP contribution in [0.25, 0.3) is 0 Å². The second kappa shape index (κ2) is 10.1. The van der Waals surface area contributed by atoms with Gasteiger partial charge in [-0.25, -0.2) is 0 Å². The third kappa shape index (κ3) is 36.2. The molecule has 0 amide bonds. The van der Waals surface area contributed by atoms with E-state index in [-0.39, 0.29) is 37.7 Å². The molecular formula is H2Cl2Li2OS. The summed E-state index contributed by atoms with van der Waals surface area (Å²) in [5.41, 5.74) is 0. The summed E-state index contributed by atoms with van der Waals surface area (Å²) in [6.45, 7) is 0. The summed E-state index contributed by atoms with van der Waals surface area (Å²) in [5.74, 6) is 0. The van der Waals surface area contributed by atoms with E-state index in [4.69, 9.17) is 4.55 Å². The number of rotatable bonds is 0. The Morgan fingerprint density at radius 3 is 1.17 bits per heavy atom. The summed E-state index contributed by atoms with van der Waals surface area (Å²) < 4.78 is 9.09. The van der Waals surface area contributed by atoms with Gasteiger partial charge in [0.15, 0.2) is 31.0 Å². The minimum absolute atomic E-state index is 0. The van der Waals surface area contributed by atoms with E-state index < -0.39 is 9.60 Å². The first-order valence-corrected chi connectivity index (χ1v) is 3.28. The van der Waals surface area contributed by atoms with Crippen LogP contribution in [0.1, 0.15) is 0 Å². The maximum atomic E-state index is 9.09. The summed E-state index contributed by atoms with van der Waals surface area (Å²) in [4.78, 5) is 0. The fraction of sp³-hybridized carbons (Fsp3) is 0. The van der Waals surface area contributed by atoms with Crippen molar-refractivity contribution in [2.75, 3.05) is 0 Å². The van der Waals surface area contributed by atoms with Gasteiger partial charge in [-0.3, -0.25) is 0 Å². The maximum Gasteiger partial charge on any atom is 0.198 e. The van der Waals surface area contributed by atoms with Crippen LogP contribution in [0.5, 0.6) is 0 Å². The molecule has 6 heavy (non-hydrogen) atoms. The van der Waals surface area contributed by atoms with Gasteiger partial charge in [-0.05, 0) is 0 Å². The first-order chi connectivity index (χ1) is 1.73. The molecule has 0 fully saturated rings. The first kappa shape index (κ1) is 15.7. The topological polar surface area (TPSA) is 23.1 Å². The molecular weight excluding hydrogens is 133 g/mol. The first-order valence-electron chi connectivity index (χ1n) is 0.475. The van der Waals surface area contributed by atoms with E-state index in [2.05, 4.69) is 21.4 Å². The quantitative estimate of drug-likeness (QED) is 0.331. The van der Waals surface area contributed by atoms with E-state index in [9.17, 15) is 0 Å². The van der Waals surface area contributed by atoms with Crippen LogP contribution in [0.4, 0.5) is 0 Å². The van der Waals surface area contributed by atoms with Crippen molar-refractivity contribution in [1.82, 2.24) is 0 Å². The molecule has 0 aromatic heterocycles. The molecule has 0 aromatic rings. The van der Waals surface area contributed by atoms with Crippen LogP contribution in [0.15, 0.2) is 0 Å². The van der Waals surface area contributed by atoms with Crippen LogP contribution in [-0.2, 0) is 9.60 Å². The second-order valence-electron chi connectivity index (χ2n) is 0.184. The Morgan fingerprint density at radius 1 is 1.17 bits per heavy atom. The fourth-order valence-corrected chi connectivity index (χ4v) is 0. The van der Waals surface area contributed by atoms with E-state index >= 15 is 0 Å². The van der Waals surface area contributed by atoms with Crippen LogP contribution >= 0.6 is 21.4 Å². The zero-order valence-corrected chi connectivity index (χ0v) is 3.90. The molecule has 0 atom stereocenters. The van der Waals surface area contributed by atoms with Crippen molar-refractivity contribution >= 4 is 68.7 Å². The number of halogens is 2. The average Bonchev–Trinajstić information content (AvgIpc) is 0.811. The smallest absolute Gasteiger partial charge is 0.198 e. The fourth-order valence-electron chi connectivity index (χ4n) is 0. The van der Waals surface area contributed by atoms with E-state index in [1.54, 1.807) is 0 Å². The van der Waals surface area contributed by atoms with Gasteiger partial charge in [0.2, 0.25) is 0 Å². The van der Waals surface area contributed by atoms with Gasteiger partial charge in [-0.2, -0.15) is 0 Å². The van der Waals surface area contributed by atoms with Crippen molar-refractivity contribution in [3.8, 4) is 0 Å². The van der Waals surface area contributed by atoms with Crippen molar-refractivity contribution in [1.29, 1.82) is 0 Å². The molecule has 0 radical (unpaired) electrons. The molecule has 30 valence electrons. The Labute approximate surface area is 72.7 Å². The molecule has 0 rings (SSSR count). The normalized spacial score (nSPS) is 6.00. The van der Waals surface area contributed by atoms with E-state index in [0.717, 1.165) is 0 Å². The number of hydrogen-bond acceptors (Lipinski definition) is 1. The molecule has 0 spiro atoms. The predicted molar refractivity (Wildman–Crippen MR) is 34.1 cm³/mol. The minimum atomic E-state index is -1.67. The van der Waals surface area contributed by atoms with Gasteiger partial charge in [0.05, 0.1) is 0 Å². The summed E-state index contributed by atoms with van der Waals surface area (Å²) in [6.07, 6.45) is 0.